The number of urea groups is 1. The second-order valence-electron chi connectivity index (χ2n) is 6.41. The van der Waals surface area contributed by atoms with E-state index in [9.17, 15) is 19.2 Å². The van der Waals surface area contributed by atoms with Gasteiger partial charge in [-0.25, -0.2) is 4.79 Å². The lowest BCUT2D eigenvalue weighted by atomic mass is 9.98. The third-order valence-electron chi connectivity index (χ3n) is 4.58. The number of ether oxygens (including phenoxy) is 1. The minimum absolute atomic E-state index is 0.174. The van der Waals surface area contributed by atoms with E-state index in [1.807, 2.05) is 6.07 Å². The lowest BCUT2D eigenvalue weighted by Crippen LogP contribution is -2.45. The van der Waals surface area contributed by atoms with Crippen LogP contribution in [-0.2, 0) is 19.1 Å². The summed E-state index contributed by atoms with van der Waals surface area (Å²) in [5, 5.41) is 11.2. The molecule has 1 saturated carbocycles. The molecule has 9 heteroatoms. The number of esters is 1. The summed E-state index contributed by atoms with van der Waals surface area (Å²) in [6.45, 7) is 1.12. The number of carbonyl (C=O) groups is 4. The van der Waals surface area contributed by atoms with Crippen LogP contribution in [0.4, 0.5) is 4.79 Å². The number of carbonyl (C=O) groups excluding carboxylic acids is 4. The minimum Gasteiger partial charge on any atom is -0.451 e. The molecule has 0 aromatic carbocycles. The van der Waals surface area contributed by atoms with Gasteiger partial charge in [0.1, 0.15) is 12.1 Å². The van der Waals surface area contributed by atoms with E-state index in [-0.39, 0.29) is 13.0 Å². The lowest BCUT2D eigenvalue weighted by Gasteiger charge is -2.22. The highest BCUT2D eigenvalue weighted by atomic mass is 16.5. The van der Waals surface area contributed by atoms with Gasteiger partial charge < -0.3 is 15.0 Å². The summed E-state index contributed by atoms with van der Waals surface area (Å²) in [4.78, 5) is 50.7. The molecule has 2 rings (SSSR count). The number of nitrogens with one attached hydrogen (secondary N) is 1. The van der Waals surface area contributed by atoms with E-state index in [1.54, 1.807) is 0 Å². The Hall–Kier alpha value is -2.63. The Bertz CT molecular complexity index is 621. The van der Waals surface area contributed by atoms with Crippen molar-refractivity contribution in [3.8, 4) is 6.07 Å². The Kier molecular flexibility index (Phi) is 5.62. The highest BCUT2D eigenvalue weighted by Gasteiger charge is 2.52. The molecule has 0 radical (unpaired) electrons. The zero-order chi connectivity index (χ0) is 18.6. The Morgan fingerprint density at radius 1 is 1.40 bits per heavy atom. The van der Waals surface area contributed by atoms with Crippen LogP contribution in [0.3, 0.4) is 0 Å². The first-order chi connectivity index (χ1) is 11.8. The van der Waals surface area contributed by atoms with Gasteiger partial charge >= 0.3 is 12.0 Å². The molecule has 1 heterocycles. The number of hydrogen-bond acceptors (Lipinski definition) is 6. The van der Waals surface area contributed by atoms with Crippen molar-refractivity contribution in [3.05, 3.63) is 0 Å². The van der Waals surface area contributed by atoms with Crippen LogP contribution in [0, 0.1) is 11.3 Å². The molecule has 25 heavy (non-hydrogen) atoms. The van der Waals surface area contributed by atoms with Crippen molar-refractivity contribution in [2.45, 2.75) is 50.7 Å². The van der Waals surface area contributed by atoms with Gasteiger partial charge in [0.15, 0.2) is 6.10 Å². The van der Waals surface area contributed by atoms with Gasteiger partial charge in [0.25, 0.3) is 11.8 Å². The van der Waals surface area contributed by atoms with Gasteiger partial charge in [0.05, 0.1) is 12.5 Å². The summed E-state index contributed by atoms with van der Waals surface area (Å²) in [6.07, 6.45) is 1.96. The summed E-state index contributed by atoms with van der Waals surface area (Å²) in [6, 6.07) is 1.32. The molecule has 1 saturated heterocycles. The van der Waals surface area contributed by atoms with Crippen molar-refractivity contribution >= 4 is 23.8 Å². The molecular weight excluding hydrogens is 328 g/mol. The molecule has 2 aliphatic rings. The third kappa shape index (κ3) is 3.90. The highest BCUT2D eigenvalue weighted by molar-refractivity contribution is 6.08. The van der Waals surface area contributed by atoms with E-state index in [2.05, 4.69) is 5.32 Å². The summed E-state index contributed by atoms with van der Waals surface area (Å²) < 4.78 is 5.04. The fraction of sp³-hybridized carbons (Fsp3) is 0.688. The fourth-order valence-corrected chi connectivity index (χ4v) is 3.19. The first-order valence-corrected chi connectivity index (χ1v) is 8.26. The van der Waals surface area contributed by atoms with Crippen molar-refractivity contribution in [3.63, 3.8) is 0 Å². The van der Waals surface area contributed by atoms with Gasteiger partial charge in [0.2, 0.25) is 0 Å². The molecule has 1 spiro atoms. The number of rotatable bonds is 6. The number of nitrogens with zero attached hydrogens (tertiary/aromatic N) is 3. The topological polar surface area (TPSA) is 120 Å². The van der Waals surface area contributed by atoms with Crippen molar-refractivity contribution in [1.29, 1.82) is 5.26 Å². The second kappa shape index (κ2) is 7.51. The largest absolute Gasteiger partial charge is 0.451 e. The molecule has 9 nitrogen and oxygen atoms in total. The van der Waals surface area contributed by atoms with Crippen LogP contribution in [0.2, 0.25) is 0 Å². The molecule has 0 aromatic rings. The summed E-state index contributed by atoms with van der Waals surface area (Å²) in [7, 11) is 1.51. The van der Waals surface area contributed by atoms with Crippen LogP contribution >= 0.6 is 0 Å². The molecule has 1 aliphatic heterocycles. The zero-order valence-electron chi connectivity index (χ0n) is 14.4. The molecule has 1 atom stereocenters. The fourth-order valence-electron chi connectivity index (χ4n) is 3.19. The SMILES string of the molecule is C[C@@H](OC(=O)CN1C(=O)NC2(CCCC2)C1=O)C(=O)N(C)CCC#N. The van der Waals surface area contributed by atoms with Crippen LogP contribution in [0.1, 0.15) is 39.0 Å². The predicted molar refractivity (Wildman–Crippen MR) is 84.9 cm³/mol. The van der Waals surface area contributed by atoms with E-state index in [0.717, 1.165) is 17.7 Å². The first-order valence-electron chi connectivity index (χ1n) is 8.26. The van der Waals surface area contributed by atoms with Gasteiger partial charge in [0, 0.05) is 13.6 Å². The Labute approximate surface area is 145 Å². The maximum Gasteiger partial charge on any atom is 0.327 e. The number of likely N-dealkylation sites (N-methyl/N-ethyl adjacent to an activating group) is 1. The van der Waals surface area contributed by atoms with Crippen LogP contribution < -0.4 is 5.32 Å². The lowest BCUT2D eigenvalue weighted by molar-refractivity contribution is -0.159. The van der Waals surface area contributed by atoms with Gasteiger partial charge in [-0.2, -0.15) is 5.26 Å². The van der Waals surface area contributed by atoms with E-state index < -0.39 is 42.0 Å². The standard InChI is InChI=1S/C16H22N4O5/c1-11(13(22)19(2)9-5-8-17)25-12(21)10-20-14(23)16(18-15(20)24)6-3-4-7-16/h11H,3-7,9-10H2,1-2H3,(H,18,24)/t11-/m1/s1. The van der Waals surface area contributed by atoms with Crippen LogP contribution in [0.5, 0.6) is 0 Å². The predicted octanol–water partition coefficient (Wildman–Crippen LogP) is 0.155. The molecular formula is C16H22N4O5. The molecule has 2 fully saturated rings. The number of amides is 4. The second-order valence-corrected chi connectivity index (χ2v) is 6.41. The highest BCUT2D eigenvalue weighted by Crippen LogP contribution is 2.34. The van der Waals surface area contributed by atoms with Crippen molar-refractivity contribution in [2.24, 2.45) is 0 Å². The Morgan fingerprint density at radius 3 is 2.64 bits per heavy atom. The molecule has 4 amide bonds. The van der Waals surface area contributed by atoms with Gasteiger partial charge in [-0.1, -0.05) is 12.8 Å². The van der Waals surface area contributed by atoms with E-state index >= 15 is 0 Å². The number of nitriles is 1. The van der Waals surface area contributed by atoms with Crippen molar-refractivity contribution in [1.82, 2.24) is 15.1 Å². The Morgan fingerprint density at radius 2 is 2.04 bits per heavy atom. The summed E-state index contributed by atoms with van der Waals surface area (Å²) >= 11 is 0. The van der Waals surface area contributed by atoms with Crippen LogP contribution in [0.15, 0.2) is 0 Å². The maximum absolute atomic E-state index is 12.5. The summed E-state index contributed by atoms with van der Waals surface area (Å²) in [5.74, 6) is -1.68. The molecule has 1 aliphatic carbocycles. The van der Waals surface area contributed by atoms with Crippen molar-refractivity contribution in [2.75, 3.05) is 20.1 Å². The molecule has 136 valence electrons. The first kappa shape index (κ1) is 18.7. The Balaban J connectivity index is 1.89. The molecule has 1 N–H and O–H groups in total. The average molecular weight is 350 g/mol. The molecule has 0 unspecified atom stereocenters. The van der Waals surface area contributed by atoms with E-state index in [0.29, 0.717) is 12.8 Å². The van der Waals surface area contributed by atoms with Gasteiger partial charge in [-0.3, -0.25) is 19.3 Å². The monoisotopic (exact) mass is 350 g/mol. The van der Waals surface area contributed by atoms with E-state index in [1.165, 1.54) is 18.9 Å². The average Bonchev–Trinajstić information content (AvgIpc) is 3.13. The number of imide groups is 1. The number of hydrogen-bond donors (Lipinski definition) is 1. The maximum atomic E-state index is 12.5. The summed E-state index contributed by atoms with van der Waals surface area (Å²) in [5.41, 5.74) is -0.879. The van der Waals surface area contributed by atoms with Gasteiger partial charge in [-0.05, 0) is 19.8 Å². The van der Waals surface area contributed by atoms with Crippen LogP contribution in [-0.4, -0.2) is 65.4 Å². The molecule has 0 bridgehead atoms. The third-order valence-corrected chi connectivity index (χ3v) is 4.58. The normalized spacial score (nSPS) is 19.5. The van der Waals surface area contributed by atoms with Crippen molar-refractivity contribution < 1.29 is 23.9 Å². The van der Waals surface area contributed by atoms with Crippen LogP contribution in [0.25, 0.3) is 0 Å². The molecule has 0 aromatic heterocycles. The minimum atomic E-state index is -1.06. The smallest absolute Gasteiger partial charge is 0.327 e. The van der Waals surface area contributed by atoms with Gasteiger partial charge in [-0.15, -0.1) is 0 Å². The quantitative estimate of drug-likeness (QED) is 0.538. The zero-order valence-corrected chi connectivity index (χ0v) is 14.4. The van der Waals surface area contributed by atoms with E-state index in [4.69, 9.17) is 10.00 Å².